The number of rotatable bonds is 3. The first-order valence-corrected chi connectivity index (χ1v) is 3.47. The third-order valence-electron chi connectivity index (χ3n) is 1.50. The summed E-state index contributed by atoms with van der Waals surface area (Å²) in [7, 11) is 0. The highest BCUT2D eigenvalue weighted by Gasteiger charge is 2.19. The Kier molecular flexibility index (Phi) is 3.06. The van der Waals surface area contributed by atoms with E-state index in [0.29, 0.717) is 0 Å². The van der Waals surface area contributed by atoms with Crippen LogP contribution < -0.4 is 0 Å². The van der Waals surface area contributed by atoms with Crippen LogP contribution in [0, 0.1) is 23.3 Å². The standard InChI is InChI=1S/C8H5F4NO/c1-13-14-3-4-7(11)5(9)2-6(10)8(4)12/h2H,1,3H2. The highest BCUT2D eigenvalue weighted by Crippen LogP contribution is 2.19. The third-order valence-corrected chi connectivity index (χ3v) is 1.50. The summed E-state index contributed by atoms with van der Waals surface area (Å²) in [6, 6.07) is 0.121. The van der Waals surface area contributed by atoms with Gasteiger partial charge < -0.3 is 4.84 Å². The van der Waals surface area contributed by atoms with Crippen molar-refractivity contribution in [3.8, 4) is 0 Å². The molecule has 0 saturated carbocycles. The average Bonchev–Trinajstić information content (AvgIpc) is 2.15. The van der Waals surface area contributed by atoms with E-state index in [1.807, 2.05) is 0 Å². The van der Waals surface area contributed by atoms with E-state index in [9.17, 15) is 17.6 Å². The van der Waals surface area contributed by atoms with Crippen molar-refractivity contribution in [1.82, 2.24) is 0 Å². The minimum absolute atomic E-state index is 0.121. The Morgan fingerprint density at radius 3 is 2.07 bits per heavy atom. The van der Waals surface area contributed by atoms with Crippen molar-refractivity contribution in [1.29, 1.82) is 0 Å². The summed E-state index contributed by atoms with van der Waals surface area (Å²) in [5, 5.41) is 2.84. The van der Waals surface area contributed by atoms with Gasteiger partial charge in [0.25, 0.3) is 0 Å². The zero-order chi connectivity index (χ0) is 10.7. The van der Waals surface area contributed by atoms with Crippen LogP contribution in [-0.4, -0.2) is 6.72 Å². The fraction of sp³-hybridized carbons (Fsp3) is 0.125. The lowest BCUT2D eigenvalue weighted by Crippen LogP contribution is -2.03. The molecule has 0 saturated heterocycles. The largest absolute Gasteiger partial charge is 0.391 e. The maximum atomic E-state index is 12.8. The highest BCUT2D eigenvalue weighted by atomic mass is 19.2. The quantitative estimate of drug-likeness (QED) is 0.322. The number of nitrogens with zero attached hydrogens (tertiary/aromatic N) is 1. The van der Waals surface area contributed by atoms with Crippen LogP contribution in [-0.2, 0) is 11.4 Å². The van der Waals surface area contributed by atoms with Gasteiger partial charge >= 0.3 is 0 Å². The second-order valence-electron chi connectivity index (χ2n) is 2.35. The smallest absolute Gasteiger partial charge is 0.168 e. The Hall–Kier alpha value is -1.59. The molecule has 0 amide bonds. The predicted octanol–water partition coefficient (Wildman–Crippen LogP) is 2.38. The van der Waals surface area contributed by atoms with Gasteiger partial charge in [0.1, 0.15) is 6.61 Å². The summed E-state index contributed by atoms with van der Waals surface area (Å²) in [4.78, 5) is 4.19. The summed E-state index contributed by atoms with van der Waals surface area (Å²) >= 11 is 0. The molecule has 76 valence electrons. The zero-order valence-corrected chi connectivity index (χ0v) is 6.86. The molecule has 0 aromatic heterocycles. The van der Waals surface area contributed by atoms with Crippen molar-refractivity contribution in [2.75, 3.05) is 0 Å². The SMILES string of the molecule is C=NOCc1c(F)c(F)cc(F)c1F. The second kappa shape index (κ2) is 4.08. The lowest BCUT2D eigenvalue weighted by molar-refractivity contribution is 0.126. The monoisotopic (exact) mass is 207 g/mol. The van der Waals surface area contributed by atoms with Gasteiger partial charge in [-0.15, -0.1) is 5.16 Å². The van der Waals surface area contributed by atoms with E-state index in [2.05, 4.69) is 16.7 Å². The fourth-order valence-corrected chi connectivity index (χ4v) is 0.860. The minimum atomic E-state index is -1.49. The second-order valence-corrected chi connectivity index (χ2v) is 2.35. The lowest BCUT2D eigenvalue weighted by Gasteiger charge is -2.04. The van der Waals surface area contributed by atoms with E-state index in [4.69, 9.17) is 0 Å². The van der Waals surface area contributed by atoms with Crippen molar-refractivity contribution in [2.45, 2.75) is 6.61 Å². The number of hydrogen-bond donors (Lipinski definition) is 0. The molecule has 0 bridgehead atoms. The van der Waals surface area contributed by atoms with Gasteiger partial charge in [-0.2, -0.15) is 0 Å². The molecule has 1 aromatic rings. The van der Waals surface area contributed by atoms with Gasteiger partial charge in [0.05, 0.1) is 5.56 Å². The van der Waals surface area contributed by atoms with Crippen LogP contribution in [0.5, 0.6) is 0 Å². The van der Waals surface area contributed by atoms with Gasteiger partial charge in [0.15, 0.2) is 23.3 Å². The van der Waals surface area contributed by atoms with Crippen LogP contribution in [0.15, 0.2) is 11.2 Å². The maximum absolute atomic E-state index is 12.8. The molecule has 0 aliphatic rings. The molecule has 0 aliphatic heterocycles. The Morgan fingerprint density at radius 2 is 1.64 bits per heavy atom. The predicted molar refractivity (Wildman–Crippen MR) is 40.6 cm³/mol. The number of benzene rings is 1. The van der Waals surface area contributed by atoms with E-state index >= 15 is 0 Å². The van der Waals surface area contributed by atoms with Crippen molar-refractivity contribution in [2.24, 2.45) is 5.16 Å². The molecule has 14 heavy (non-hydrogen) atoms. The van der Waals surface area contributed by atoms with Gasteiger partial charge in [0.2, 0.25) is 0 Å². The van der Waals surface area contributed by atoms with E-state index < -0.39 is 35.4 Å². The first-order valence-electron chi connectivity index (χ1n) is 3.47. The Balaban J connectivity index is 3.17. The Bertz CT molecular complexity index is 341. The molecule has 0 fully saturated rings. The number of hydrogen-bond acceptors (Lipinski definition) is 2. The number of halogens is 4. The topological polar surface area (TPSA) is 21.6 Å². The van der Waals surface area contributed by atoms with Gasteiger partial charge in [-0.1, -0.05) is 0 Å². The summed E-state index contributed by atoms with van der Waals surface area (Å²) < 4.78 is 50.8. The van der Waals surface area contributed by atoms with Gasteiger partial charge in [0, 0.05) is 12.8 Å². The molecule has 0 N–H and O–H groups in total. The molecule has 0 aliphatic carbocycles. The molecule has 0 spiro atoms. The fourth-order valence-electron chi connectivity index (χ4n) is 0.860. The van der Waals surface area contributed by atoms with Crippen molar-refractivity contribution >= 4 is 6.72 Å². The van der Waals surface area contributed by atoms with Crippen molar-refractivity contribution in [3.05, 3.63) is 34.9 Å². The summed E-state index contributed by atoms with van der Waals surface area (Å²) in [6.07, 6.45) is 0. The Morgan fingerprint density at radius 1 is 1.14 bits per heavy atom. The van der Waals surface area contributed by atoms with E-state index in [1.54, 1.807) is 0 Å². The molecule has 2 nitrogen and oxygen atoms in total. The van der Waals surface area contributed by atoms with E-state index in [0.717, 1.165) is 0 Å². The summed E-state index contributed by atoms with van der Waals surface area (Å²) in [5.41, 5.74) is -0.852. The summed E-state index contributed by atoms with van der Waals surface area (Å²) in [5.74, 6) is -5.95. The molecule has 1 aromatic carbocycles. The molecule has 0 atom stereocenters. The zero-order valence-electron chi connectivity index (χ0n) is 6.86. The molecule has 0 heterocycles. The van der Waals surface area contributed by atoms with Crippen molar-refractivity contribution < 1.29 is 22.4 Å². The minimum Gasteiger partial charge on any atom is -0.391 e. The first kappa shape index (κ1) is 10.5. The van der Waals surface area contributed by atoms with Crippen LogP contribution >= 0.6 is 0 Å². The summed E-state index contributed by atoms with van der Waals surface area (Å²) in [6.45, 7) is 2.16. The third kappa shape index (κ3) is 1.84. The van der Waals surface area contributed by atoms with Crippen LogP contribution in [0.3, 0.4) is 0 Å². The Labute approximate surface area is 76.8 Å². The maximum Gasteiger partial charge on any atom is 0.168 e. The van der Waals surface area contributed by atoms with Gasteiger partial charge in [-0.25, -0.2) is 17.6 Å². The normalized spacial score (nSPS) is 10.0. The molecular weight excluding hydrogens is 202 g/mol. The van der Waals surface area contributed by atoms with Crippen LogP contribution in [0.1, 0.15) is 5.56 Å². The van der Waals surface area contributed by atoms with Crippen molar-refractivity contribution in [3.63, 3.8) is 0 Å². The van der Waals surface area contributed by atoms with E-state index in [1.165, 1.54) is 0 Å². The molecular formula is C8H5F4NO. The van der Waals surface area contributed by atoms with Crippen LogP contribution in [0.2, 0.25) is 0 Å². The van der Waals surface area contributed by atoms with Gasteiger partial charge in [-0.05, 0) is 0 Å². The lowest BCUT2D eigenvalue weighted by atomic mass is 10.2. The molecule has 1 rings (SSSR count). The van der Waals surface area contributed by atoms with Crippen LogP contribution in [0.25, 0.3) is 0 Å². The number of oxime groups is 1. The van der Waals surface area contributed by atoms with E-state index in [-0.39, 0.29) is 6.07 Å². The average molecular weight is 207 g/mol. The molecule has 0 unspecified atom stereocenters. The van der Waals surface area contributed by atoms with Crippen LogP contribution in [0.4, 0.5) is 17.6 Å². The highest BCUT2D eigenvalue weighted by molar-refractivity contribution is 5.23. The molecule has 6 heteroatoms. The first-order chi connectivity index (χ1) is 6.57. The van der Waals surface area contributed by atoms with Gasteiger partial charge in [-0.3, -0.25) is 0 Å². The molecule has 0 radical (unpaired) electrons.